The monoisotopic (exact) mass is 355 g/mol. The van der Waals surface area contributed by atoms with Gasteiger partial charge in [0.25, 0.3) is 0 Å². The first-order chi connectivity index (χ1) is 11.0. The summed E-state index contributed by atoms with van der Waals surface area (Å²) in [6.45, 7) is 4.15. The Bertz CT molecular complexity index is 642. The fourth-order valence-corrected chi connectivity index (χ4v) is 3.05. The smallest absolute Gasteiger partial charge is 0.321 e. The van der Waals surface area contributed by atoms with Gasteiger partial charge in [0.1, 0.15) is 5.76 Å². The second kappa shape index (κ2) is 8.53. The lowest BCUT2D eigenvalue weighted by Crippen LogP contribution is -2.43. The summed E-state index contributed by atoms with van der Waals surface area (Å²) in [6, 6.07) is 3.15. The van der Waals surface area contributed by atoms with Crippen LogP contribution in [0.5, 0.6) is 0 Å². The van der Waals surface area contributed by atoms with Gasteiger partial charge in [-0.05, 0) is 26.0 Å². The minimum Gasteiger partial charge on any atom is -0.467 e. The van der Waals surface area contributed by atoms with Gasteiger partial charge >= 0.3 is 6.03 Å². The Morgan fingerprint density at radius 2 is 2.22 bits per heavy atom. The van der Waals surface area contributed by atoms with Crippen LogP contribution in [0, 0.1) is 0 Å². The van der Waals surface area contributed by atoms with E-state index in [9.17, 15) is 9.59 Å². The molecule has 0 unspecified atom stereocenters. The number of carbonyl (C=O) groups excluding carboxylic acids is 2. The first kappa shape index (κ1) is 17.3. The molecule has 0 atom stereocenters. The van der Waals surface area contributed by atoms with E-state index in [0.29, 0.717) is 16.0 Å². The van der Waals surface area contributed by atoms with E-state index in [4.69, 9.17) is 4.42 Å². The van der Waals surface area contributed by atoms with Crippen molar-refractivity contribution in [1.29, 1.82) is 0 Å². The van der Waals surface area contributed by atoms with Crippen LogP contribution in [-0.2, 0) is 11.3 Å². The molecule has 0 bridgehead atoms. The van der Waals surface area contributed by atoms with Gasteiger partial charge in [0.2, 0.25) is 11.0 Å². The van der Waals surface area contributed by atoms with Crippen LogP contribution < -0.4 is 16.0 Å². The molecule has 0 fully saturated rings. The third-order valence-electron chi connectivity index (χ3n) is 2.40. The summed E-state index contributed by atoms with van der Waals surface area (Å²) < 4.78 is 5.85. The lowest BCUT2D eigenvalue weighted by atomic mass is 10.4. The van der Waals surface area contributed by atoms with Gasteiger partial charge in [0, 0.05) is 6.04 Å². The Balaban J connectivity index is 1.71. The number of rotatable bonds is 7. The van der Waals surface area contributed by atoms with E-state index in [1.54, 1.807) is 6.26 Å². The predicted octanol–water partition coefficient (Wildman–Crippen LogP) is 2.07. The number of nitrogens with zero attached hydrogens (tertiary/aromatic N) is 2. The molecule has 3 amide bonds. The molecular weight excluding hydrogens is 338 g/mol. The molecule has 0 aliphatic heterocycles. The third kappa shape index (κ3) is 6.28. The first-order valence-electron chi connectivity index (χ1n) is 6.86. The standard InChI is InChI=1S/C13H17N5O3S2/c1-8(2)15-11(20)16-10(19)7-22-13-18-17-12(23-13)14-6-9-4-3-5-21-9/h3-5,8H,6-7H2,1-2H3,(H,14,17)(H2,15,16,19,20). The Morgan fingerprint density at radius 1 is 1.39 bits per heavy atom. The number of amides is 3. The van der Waals surface area contributed by atoms with Gasteiger partial charge in [-0.1, -0.05) is 23.1 Å². The Labute approximate surface area is 141 Å². The normalized spacial score (nSPS) is 10.6. The lowest BCUT2D eigenvalue weighted by molar-refractivity contribution is -0.117. The molecule has 2 aromatic heterocycles. The molecule has 2 aromatic rings. The van der Waals surface area contributed by atoms with Crippen molar-refractivity contribution in [2.24, 2.45) is 0 Å². The van der Waals surface area contributed by atoms with Gasteiger partial charge in [0.15, 0.2) is 4.34 Å². The van der Waals surface area contributed by atoms with Crippen molar-refractivity contribution in [2.75, 3.05) is 11.1 Å². The number of imide groups is 1. The molecule has 0 aromatic carbocycles. The van der Waals surface area contributed by atoms with Crippen LogP contribution in [0.3, 0.4) is 0 Å². The van der Waals surface area contributed by atoms with Gasteiger partial charge in [-0.3, -0.25) is 10.1 Å². The predicted molar refractivity (Wildman–Crippen MR) is 88.5 cm³/mol. The minimum absolute atomic E-state index is 0.0265. The van der Waals surface area contributed by atoms with E-state index >= 15 is 0 Å². The molecular formula is C13H17N5O3S2. The molecule has 0 saturated carbocycles. The molecule has 2 rings (SSSR count). The van der Waals surface area contributed by atoms with Gasteiger partial charge in [0.05, 0.1) is 18.6 Å². The Hall–Kier alpha value is -2.07. The van der Waals surface area contributed by atoms with Crippen LogP contribution in [0.25, 0.3) is 0 Å². The molecule has 2 heterocycles. The average Bonchev–Trinajstić information content (AvgIpc) is 3.13. The highest BCUT2D eigenvalue weighted by Crippen LogP contribution is 2.25. The zero-order valence-electron chi connectivity index (χ0n) is 12.7. The minimum atomic E-state index is -0.497. The van der Waals surface area contributed by atoms with Crippen molar-refractivity contribution in [1.82, 2.24) is 20.8 Å². The number of hydrogen-bond acceptors (Lipinski definition) is 8. The van der Waals surface area contributed by atoms with Crippen LogP contribution >= 0.6 is 23.1 Å². The summed E-state index contributed by atoms with van der Waals surface area (Å²) in [5.41, 5.74) is 0. The highest BCUT2D eigenvalue weighted by atomic mass is 32.2. The number of carbonyl (C=O) groups is 2. The van der Waals surface area contributed by atoms with Crippen LogP contribution in [-0.4, -0.2) is 33.9 Å². The summed E-state index contributed by atoms with van der Waals surface area (Å²) in [6.07, 6.45) is 1.60. The van der Waals surface area contributed by atoms with E-state index in [2.05, 4.69) is 26.1 Å². The summed E-state index contributed by atoms with van der Waals surface area (Å²) in [7, 11) is 0. The summed E-state index contributed by atoms with van der Waals surface area (Å²) >= 11 is 2.56. The van der Waals surface area contributed by atoms with Crippen molar-refractivity contribution in [3.05, 3.63) is 24.2 Å². The van der Waals surface area contributed by atoms with Crippen molar-refractivity contribution in [2.45, 2.75) is 30.8 Å². The Morgan fingerprint density at radius 3 is 2.91 bits per heavy atom. The van der Waals surface area contributed by atoms with Gasteiger partial charge in [-0.15, -0.1) is 10.2 Å². The van der Waals surface area contributed by atoms with Crippen molar-refractivity contribution >= 4 is 40.2 Å². The number of nitrogens with one attached hydrogen (secondary N) is 3. The molecule has 0 aliphatic carbocycles. The van der Waals surface area contributed by atoms with Gasteiger partial charge in [-0.2, -0.15) is 0 Å². The molecule has 0 aliphatic rings. The fraction of sp³-hybridized carbons (Fsp3) is 0.385. The maximum Gasteiger partial charge on any atom is 0.321 e. The topological polar surface area (TPSA) is 109 Å². The number of aromatic nitrogens is 2. The van der Waals surface area contributed by atoms with E-state index < -0.39 is 6.03 Å². The summed E-state index contributed by atoms with van der Waals surface area (Å²) in [4.78, 5) is 23.0. The van der Waals surface area contributed by atoms with Crippen molar-refractivity contribution in [3.63, 3.8) is 0 Å². The van der Waals surface area contributed by atoms with Crippen LogP contribution in [0.4, 0.5) is 9.93 Å². The number of hydrogen-bond donors (Lipinski definition) is 3. The van der Waals surface area contributed by atoms with Gasteiger partial charge in [-0.25, -0.2) is 4.79 Å². The van der Waals surface area contributed by atoms with Crippen molar-refractivity contribution in [3.8, 4) is 0 Å². The second-order valence-corrected chi connectivity index (χ2v) is 6.97. The molecule has 10 heteroatoms. The molecule has 124 valence electrons. The summed E-state index contributed by atoms with van der Waals surface area (Å²) in [5.74, 6) is 0.511. The zero-order valence-corrected chi connectivity index (χ0v) is 14.3. The molecule has 3 N–H and O–H groups in total. The average molecular weight is 355 g/mol. The SMILES string of the molecule is CC(C)NC(=O)NC(=O)CSc1nnc(NCc2ccco2)s1. The van der Waals surface area contributed by atoms with Gasteiger partial charge < -0.3 is 15.1 Å². The number of urea groups is 1. The second-order valence-electron chi connectivity index (χ2n) is 4.77. The molecule has 0 saturated heterocycles. The molecule has 23 heavy (non-hydrogen) atoms. The highest BCUT2D eigenvalue weighted by molar-refractivity contribution is 8.01. The summed E-state index contributed by atoms with van der Waals surface area (Å²) in [5, 5.41) is 16.5. The fourth-order valence-electron chi connectivity index (χ4n) is 1.50. The largest absolute Gasteiger partial charge is 0.467 e. The molecule has 0 spiro atoms. The van der Waals surface area contributed by atoms with Crippen LogP contribution in [0.1, 0.15) is 19.6 Å². The van der Waals surface area contributed by atoms with E-state index in [1.807, 2.05) is 26.0 Å². The Kier molecular flexibility index (Phi) is 6.41. The van der Waals surface area contributed by atoms with E-state index in [1.165, 1.54) is 23.1 Å². The first-order valence-corrected chi connectivity index (χ1v) is 8.66. The van der Waals surface area contributed by atoms with Crippen LogP contribution in [0.2, 0.25) is 0 Å². The molecule has 0 radical (unpaired) electrons. The number of furan rings is 1. The zero-order chi connectivity index (χ0) is 16.7. The highest BCUT2D eigenvalue weighted by Gasteiger charge is 2.11. The van der Waals surface area contributed by atoms with Crippen LogP contribution in [0.15, 0.2) is 27.2 Å². The van der Waals surface area contributed by atoms with E-state index in [-0.39, 0.29) is 17.7 Å². The van der Waals surface area contributed by atoms with E-state index in [0.717, 1.165) is 5.76 Å². The number of anilines is 1. The molecule has 8 nitrogen and oxygen atoms in total. The quantitative estimate of drug-likeness (QED) is 0.652. The van der Waals surface area contributed by atoms with Crippen molar-refractivity contribution < 1.29 is 14.0 Å². The maximum absolute atomic E-state index is 11.6. The maximum atomic E-state index is 11.6. The lowest BCUT2D eigenvalue weighted by Gasteiger charge is -2.08. The third-order valence-corrected chi connectivity index (χ3v) is 4.41. The number of thioether (sulfide) groups is 1.